The number of rotatable bonds is 5. The second-order valence-electron chi connectivity index (χ2n) is 3.46. The first-order chi connectivity index (χ1) is 7.24. The summed E-state index contributed by atoms with van der Waals surface area (Å²) in [5, 5.41) is 0. The predicted octanol–water partition coefficient (Wildman–Crippen LogP) is 1.93. The fraction of sp³-hybridized carbons (Fsp3) is 0.417. The first-order valence-corrected chi connectivity index (χ1v) is 5.20. The molecule has 1 rings (SSSR count). The summed E-state index contributed by atoms with van der Waals surface area (Å²) in [5.74, 6) is -0.319. The molecule has 1 atom stereocenters. The summed E-state index contributed by atoms with van der Waals surface area (Å²) in [5.41, 5.74) is 6.77. The molecular formula is C12H18ClNO2. The maximum atomic E-state index is 11.4. The Morgan fingerprint density at radius 1 is 1.38 bits per heavy atom. The molecule has 16 heavy (non-hydrogen) atoms. The molecule has 0 aliphatic rings. The van der Waals surface area contributed by atoms with Crippen molar-refractivity contribution in [2.45, 2.75) is 25.8 Å². The number of hydrogen-bond donors (Lipinski definition) is 1. The Kier molecular flexibility index (Phi) is 7.60. The number of carbonyl (C=O) groups excluding carboxylic acids is 1. The summed E-state index contributed by atoms with van der Waals surface area (Å²) in [7, 11) is 0. The zero-order valence-corrected chi connectivity index (χ0v) is 10.2. The minimum atomic E-state index is -0.557. The third-order valence-electron chi connectivity index (χ3n) is 2.05. The average Bonchev–Trinajstić information content (AvgIpc) is 2.27. The molecule has 0 unspecified atom stereocenters. The number of halogens is 1. The molecule has 0 bridgehead atoms. The second kappa shape index (κ2) is 8.13. The second-order valence-corrected chi connectivity index (χ2v) is 3.46. The molecule has 0 saturated heterocycles. The van der Waals surface area contributed by atoms with Crippen LogP contribution in [0.4, 0.5) is 0 Å². The van der Waals surface area contributed by atoms with E-state index in [1.165, 1.54) is 0 Å². The van der Waals surface area contributed by atoms with E-state index in [0.29, 0.717) is 13.0 Å². The molecule has 0 amide bonds. The summed E-state index contributed by atoms with van der Waals surface area (Å²) in [6.45, 7) is 2.40. The zero-order chi connectivity index (χ0) is 11.1. The molecule has 0 radical (unpaired) electrons. The summed E-state index contributed by atoms with van der Waals surface area (Å²) >= 11 is 0. The van der Waals surface area contributed by atoms with Crippen molar-refractivity contribution in [3.05, 3.63) is 35.9 Å². The molecule has 0 fully saturated rings. The highest BCUT2D eigenvalue weighted by Crippen LogP contribution is 2.02. The van der Waals surface area contributed by atoms with Gasteiger partial charge in [-0.1, -0.05) is 37.3 Å². The fourth-order valence-corrected chi connectivity index (χ4v) is 1.26. The highest BCUT2D eigenvalue weighted by Gasteiger charge is 2.14. The van der Waals surface area contributed by atoms with E-state index < -0.39 is 6.04 Å². The minimum Gasteiger partial charge on any atom is -0.465 e. The molecule has 2 N–H and O–H groups in total. The quantitative estimate of drug-likeness (QED) is 0.804. The van der Waals surface area contributed by atoms with Crippen molar-refractivity contribution in [3.63, 3.8) is 0 Å². The smallest absolute Gasteiger partial charge is 0.323 e. The number of ether oxygens (including phenoxy) is 1. The van der Waals surface area contributed by atoms with Crippen molar-refractivity contribution in [2.75, 3.05) is 6.61 Å². The predicted molar refractivity (Wildman–Crippen MR) is 66.6 cm³/mol. The maximum Gasteiger partial charge on any atom is 0.323 e. The molecule has 90 valence electrons. The highest BCUT2D eigenvalue weighted by molar-refractivity contribution is 5.85. The van der Waals surface area contributed by atoms with E-state index in [2.05, 4.69) is 0 Å². The minimum absolute atomic E-state index is 0. The molecule has 1 aromatic rings. The third kappa shape index (κ3) is 5.14. The van der Waals surface area contributed by atoms with Gasteiger partial charge in [0.15, 0.2) is 0 Å². The summed E-state index contributed by atoms with van der Waals surface area (Å²) in [4.78, 5) is 11.4. The van der Waals surface area contributed by atoms with Crippen molar-refractivity contribution in [1.29, 1.82) is 0 Å². The van der Waals surface area contributed by atoms with Crippen molar-refractivity contribution in [3.8, 4) is 0 Å². The van der Waals surface area contributed by atoms with E-state index in [4.69, 9.17) is 10.5 Å². The van der Waals surface area contributed by atoms with E-state index >= 15 is 0 Å². The zero-order valence-electron chi connectivity index (χ0n) is 9.39. The number of hydrogen-bond acceptors (Lipinski definition) is 3. The molecular weight excluding hydrogens is 226 g/mol. The van der Waals surface area contributed by atoms with E-state index in [1.54, 1.807) is 0 Å². The normalized spacial score (nSPS) is 11.4. The molecule has 0 heterocycles. The van der Waals surface area contributed by atoms with Crippen LogP contribution >= 0.6 is 12.4 Å². The van der Waals surface area contributed by atoms with Crippen molar-refractivity contribution >= 4 is 18.4 Å². The van der Waals surface area contributed by atoms with E-state index in [-0.39, 0.29) is 18.4 Å². The van der Waals surface area contributed by atoms with Crippen LogP contribution in [0.2, 0.25) is 0 Å². The van der Waals surface area contributed by atoms with Gasteiger partial charge >= 0.3 is 5.97 Å². The van der Waals surface area contributed by atoms with Gasteiger partial charge in [0.2, 0.25) is 0 Å². The molecule has 1 aromatic carbocycles. The van der Waals surface area contributed by atoms with E-state index in [9.17, 15) is 4.79 Å². The molecule has 0 saturated carbocycles. The standard InChI is InChI=1S/C12H17NO2.ClH/c1-2-8-15-12(14)11(13)9-10-6-4-3-5-7-10;/h3-7,11H,2,8-9,13H2,1H3;1H/t11-;/m0./s1. The highest BCUT2D eigenvalue weighted by atomic mass is 35.5. The summed E-state index contributed by atoms with van der Waals surface area (Å²) in [6.07, 6.45) is 1.35. The lowest BCUT2D eigenvalue weighted by Crippen LogP contribution is -2.34. The largest absolute Gasteiger partial charge is 0.465 e. The van der Waals surface area contributed by atoms with Gasteiger partial charge in [0, 0.05) is 0 Å². The lowest BCUT2D eigenvalue weighted by Gasteiger charge is -2.10. The Morgan fingerprint density at radius 3 is 2.56 bits per heavy atom. The Labute approximate surface area is 102 Å². The lowest BCUT2D eigenvalue weighted by molar-refractivity contribution is -0.145. The number of esters is 1. The van der Waals surface area contributed by atoms with Gasteiger partial charge in [0.25, 0.3) is 0 Å². The van der Waals surface area contributed by atoms with Gasteiger partial charge in [-0.05, 0) is 18.4 Å². The number of nitrogens with two attached hydrogens (primary N) is 1. The van der Waals surface area contributed by atoms with E-state index in [1.807, 2.05) is 37.3 Å². The molecule has 0 aliphatic heterocycles. The number of benzene rings is 1. The van der Waals surface area contributed by atoms with E-state index in [0.717, 1.165) is 12.0 Å². The Morgan fingerprint density at radius 2 is 2.00 bits per heavy atom. The van der Waals surface area contributed by atoms with Crippen molar-refractivity contribution < 1.29 is 9.53 Å². The fourth-order valence-electron chi connectivity index (χ4n) is 1.26. The van der Waals surface area contributed by atoms with Crippen LogP contribution < -0.4 is 5.73 Å². The summed E-state index contributed by atoms with van der Waals surface area (Å²) < 4.78 is 4.96. The number of carbonyl (C=O) groups is 1. The molecule has 0 aliphatic carbocycles. The Balaban J connectivity index is 0.00000225. The molecule has 3 nitrogen and oxygen atoms in total. The maximum absolute atomic E-state index is 11.4. The van der Waals surface area contributed by atoms with Crippen LogP contribution in [0.15, 0.2) is 30.3 Å². The summed E-state index contributed by atoms with van der Waals surface area (Å²) in [6, 6.07) is 9.14. The van der Waals surface area contributed by atoms with Crippen LogP contribution in [0.25, 0.3) is 0 Å². The first-order valence-electron chi connectivity index (χ1n) is 5.20. The molecule has 0 spiro atoms. The molecule has 0 aromatic heterocycles. The average molecular weight is 244 g/mol. The SMILES string of the molecule is CCCOC(=O)[C@@H](N)Cc1ccccc1.Cl. The third-order valence-corrected chi connectivity index (χ3v) is 2.05. The lowest BCUT2D eigenvalue weighted by atomic mass is 10.1. The van der Waals surface area contributed by atoms with Crippen LogP contribution in [-0.4, -0.2) is 18.6 Å². The van der Waals surface area contributed by atoms with Crippen LogP contribution in [0.3, 0.4) is 0 Å². The van der Waals surface area contributed by atoms with Crippen molar-refractivity contribution in [1.82, 2.24) is 0 Å². The van der Waals surface area contributed by atoms with Crippen LogP contribution in [0.5, 0.6) is 0 Å². The van der Waals surface area contributed by atoms with Crippen LogP contribution in [0.1, 0.15) is 18.9 Å². The van der Waals surface area contributed by atoms with Gasteiger partial charge in [0.1, 0.15) is 6.04 Å². The topological polar surface area (TPSA) is 52.3 Å². The Hall–Kier alpha value is -1.06. The first kappa shape index (κ1) is 14.9. The molecule has 4 heteroatoms. The van der Waals surface area contributed by atoms with Gasteiger partial charge in [-0.25, -0.2) is 0 Å². The van der Waals surface area contributed by atoms with Crippen LogP contribution in [-0.2, 0) is 16.0 Å². The van der Waals surface area contributed by atoms with Gasteiger partial charge in [-0.2, -0.15) is 0 Å². The van der Waals surface area contributed by atoms with Gasteiger partial charge in [-0.3, -0.25) is 4.79 Å². The van der Waals surface area contributed by atoms with Crippen LogP contribution in [0, 0.1) is 0 Å². The van der Waals surface area contributed by atoms with Gasteiger partial charge in [0.05, 0.1) is 6.61 Å². The monoisotopic (exact) mass is 243 g/mol. The Bertz CT molecular complexity index is 303. The van der Waals surface area contributed by atoms with Gasteiger partial charge < -0.3 is 10.5 Å². The van der Waals surface area contributed by atoms with Crippen molar-refractivity contribution in [2.24, 2.45) is 5.73 Å². The van der Waals surface area contributed by atoms with Gasteiger partial charge in [-0.15, -0.1) is 12.4 Å².